The maximum absolute atomic E-state index is 6.29. The average molecular weight is 251 g/mol. The van der Waals surface area contributed by atoms with E-state index in [1.807, 2.05) is 0 Å². The summed E-state index contributed by atoms with van der Waals surface area (Å²) in [6.07, 6.45) is 5.49. The van der Waals surface area contributed by atoms with Crippen LogP contribution >= 0.6 is 0 Å². The third-order valence-electron chi connectivity index (χ3n) is 5.89. The topological polar surface area (TPSA) is 32.5 Å². The van der Waals surface area contributed by atoms with Crippen molar-refractivity contribution < 1.29 is 0 Å². The second kappa shape index (κ2) is 4.77. The normalized spacial score (nSPS) is 49.5. The van der Waals surface area contributed by atoms with Crippen LogP contribution in [0.3, 0.4) is 0 Å². The van der Waals surface area contributed by atoms with Crippen LogP contribution in [0.4, 0.5) is 0 Å². The van der Waals surface area contributed by atoms with Gasteiger partial charge in [0, 0.05) is 31.2 Å². The number of rotatable bonds is 2. The van der Waals surface area contributed by atoms with E-state index in [2.05, 4.69) is 23.6 Å². The highest BCUT2D eigenvalue weighted by Crippen LogP contribution is 2.42. The summed E-state index contributed by atoms with van der Waals surface area (Å²) in [4.78, 5) is 5.45. The molecule has 4 heterocycles. The number of fused-ring (bicyclic) bond motifs is 3. The quantitative estimate of drug-likeness (QED) is 0.808. The minimum absolute atomic E-state index is 0.296. The molecule has 4 aliphatic rings. The lowest BCUT2D eigenvalue weighted by Gasteiger charge is -2.60. The maximum Gasteiger partial charge on any atom is 0.0490 e. The molecule has 4 aliphatic heterocycles. The van der Waals surface area contributed by atoms with Crippen LogP contribution in [0.15, 0.2) is 0 Å². The molecule has 4 saturated heterocycles. The molecule has 104 valence electrons. The van der Waals surface area contributed by atoms with Crippen molar-refractivity contribution in [2.45, 2.75) is 51.1 Å². The molecule has 3 atom stereocenters. The fraction of sp³-hybridized carbons (Fsp3) is 1.00. The van der Waals surface area contributed by atoms with E-state index in [1.54, 1.807) is 0 Å². The molecule has 0 aliphatic carbocycles. The van der Waals surface area contributed by atoms with Crippen LogP contribution in [0, 0.1) is 11.8 Å². The molecule has 4 fully saturated rings. The number of piperidine rings is 4. The molecular formula is C15H29N3. The van der Waals surface area contributed by atoms with Crippen LogP contribution < -0.4 is 5.73 Å². The monoisotopic (exact) mass is 251 g/mol. The molecule has 0 saturated carbocycles. The summed E-state index contributed by atoms with van der Waals surface area (Å²) in [5, 5.41) is 0. The number of hydrogen-bond acceptors (Lipinski definition) is 3. The van der Waals surface area contributed by atoms with Gasteiger partial charge in [-0.2, -0.15) is 0 Å². The van der Waals surface area contributed by atoms with Crippen molar-refractivity contribution in [3.8, 4) is 0 Å². The zero-order valence-electron chi connectivity index (χ0n) is 12.1. The first-order valence-corrected chi connectivity index (χ1v) is 7.85. The van der Waals surface area contributed by atoms with E-state index in [4.69, 9.17) is 5.73 Å². The predicted molar refractivity (Wildman–Crippen MR) is 75.5 cm³/mol. The molecule has 3 unspecified atom stereocenters. The molecule has 3 heteroatoms. The lowest BCUT2D eigenvalue weighted by molar-refractivity contribution is -0.0990. The van der Waals surface area contributed by atoms with Gasteiger partial charge in [-0.15, -0.1) is 0 Å². The van der Waals surface area contributed by atoms with Crippen molar-refractivity contribution in [2.75, 3.05) is 32.7 Å². The molecule has 4 rings (SSSR count). The van der Waals surface area contributed by atoms with Gasteiger partial charge in [0.25, 0.3) is 0 Å². The molecule has 3 nitrogen and oxygen atoms in total. The van der Waals surface area contributed by atoms with E-state index >= 15 is 0 Å². The summed E-state index contributed by atoms with van der Waals surface area (Å²) in [6, 6.07) is 0.727. The molecule has 0 spiro atoms. The molecule has 0 aromatic carbocycles. The summed E-state index contributed by atoms with van der Waals surface area (Å²) < 4.78 is 0. The van der Waals surface area contributed by atoms with Crippen LogP contribution in [0.5, 0.6) is 0 Å². The summed E-state index contributed by atoms with van der Waals surface area (Å²) in [5.74, 6) is 1.69. The smallest absolute Gasteiger partial charge is 0.0490 e. The fourth-order valence-electron chi connectivity index (χ4n) is 4.73. The first kappa shape index (κ1) is 12.9. The van der Waals surface area contributed by atoms with Gasteiger partial charge in [-0.1, -0.05) is 6.92 Å². The van der Waals surface area contributed by atoms with Crippen LogP contribution in [0.2, 0.25) is 0 Å². The zero-order valence-corrected chi connectivity index (χ0v) is 12.1. The standard InChI is InChI=1S/C15H29N3/c1-12-3-4-13(2)18(9-12)15(10-16)11-17-7-5-14(15)6-8-17/h12-14H,3-11,16H2,1-2H3. The van der Waals surface area contributed by atoms with Crippen molar-refractivity contribution in [3.05, 3.63) is 0 Å². The Hall–Kier alpha value is -0.120. The van der Waals surface area contributed by atoms with Crippen LogP contribution in [-0.2, 0) is 0 Å². The van der Waals surface area contributed by atoms with E-state index in [9.17, 15) is 0 Å². The van der Waals surface area contributed by atoms with E-state index < -0.39 is 0 Å². The zero-order chi connectivity index (χ0) is 12.8. The van der Waals surface area contributed by atoms with Crippen LogP contribution in [0.1, 0.15) is 39.5 Å². The van der Waals surface area contributed by atoms with Gasteiger partial charge in [0.2, 0.25) is 0 Å². The molecule has 0 aromatic heterocycles. The van der Waals surface area contributed by atoms with Gasteiger partial charge in [-0.3, -0.25) is 4.90 Å². The van der Waals surface area contributed by atoms with Gasteiger partial charge in [0.15, 0.2) is 0 Å². The Balaban J connectivity index is 1.86. The SMILES string of the molecule is CC1CCC(C)N(C2(CN)CN3CCC2CC3)C1. The third kappa shape index (κ3) is 1.91. The van der Waals surface area contributed by atoms with Crippen molar-refractivity contribution in [2.24, 2.45) is 17.6 Å². The predicted octanol–water partition coefficient (Wildman–Crippen LogP) is 1.53. The Kier molecular flexibility index (Phi) is 3.41. The van der Waals surface area contributed by atoms with E-state index in [0.29, 0.717) is 5.54 Å². The van der Waals surface area contributed by atoms with Crippen molar-refractivity contribution >= 4 is 0 Å². The second-order valence-electron chi connectivity index (χ2n) is 7.04. The molecule has 0 radical (unpaired) electrons. The lowest BCUT2D eigenvalue weighted by Crippen LogP contribution is -2.72. The highest BCUT2D eigenvalue weighted by atomic mass is 15.3. The Morgan fingerprint density at radius 3 is 2.39 bits per heavy atom. The van der Waals surface area contributed by atoms with E-state index in [0.717, 1.165) is 24.4 Å². The number of hydrogen-bond donors (Lipinski definition) is 1. The van der Waals surface area contributed by atoms with Gasteiger partial charge in [-0.25, -0.2) is 0 Å². The first-order valence-electron chi connectivity index (χ1n) is 7.85. The molecule has 2 N–H and O–H groups in total. The minimum atomic E-state index is 0.296. The molecule has 0 amide bonds. The second-order valence-corrected chi connectivity index (χ2v) is 7.04. The average Bonchev–Trinajstić information content (AvgIpc) is 2.42. The highest BCUT2D eigenvalue weighted by Gasteiger charge is 2.51. The van der Waals surface area contributed by atoms with Gasteiger partial charge >= 0.3 is 0 Å². The van der Waals surface area contributed by atoms with E-state index in [-0.39, 0.29) is 0 Å². The maximum atomic E-state index is 6.29. The summed E-state index contributed by atoms with van der Waals surface area (Å²) >= 11 is 0. The van der Waals surface area contributed by atoms with Gasteiger partial charge in [0.05, 0.1) is 0 Å². The summed E-state index contributed by atoms with van der Waals surface area (Å²) in [5.41, 5.74) is 6.59. The fourth-order valence-corrected chi connectivity index (χ4v) is 4.73. The third-order valence-corrected chi connectivity index (χ3v) is 5.89. The molecule has 0 aromatic rings. The largest absolute Gasteiger partial charge is 0.329 e. The summed E-state index contributed by atoms with van der Waals surface area (Å²) in [6.45, 7) is 10.8. The lowest BCUT2D eigenvalue weighted by atomic mass is 9.70. The summed E-state index contributed by atoms with van der Waals surface area (Å²) in [7, 11) is 0. The van der Waals surface area contributed by atoms with Crippen LogP contribution in [-0.4, -0.2) is 54.1 Å². The van der Waals surface area contributed by atoms with Crippen molar-refractivity contribution in [1.29, 1.82) is 0 Å². The molecular weight excluding hydrogens is 222 g/mol. The van der Waals surface area contributed by atoms with Gasteiger partial charge in [-0.05, 0) is 57.5 Å². The Labute approximate surface area is 112 Å². The first-order chi connectivity index (χ1) is 8.65. The highest BCUT2D eigenvalue weighted by molar-refractivity contribution is 5.08. The minimum Gasteiger partial charge on any atom is -0.329 e. The van der Waals surface area contributed by atoms with Crippen molar-refractivity contribution in [3.63, 3.8) is 0 Å². The number of nitrogens with two attached hydrogens (primary N) is 1. The number of likely N-dealkylation sites (tertiary alicyclic amines) is 1. The number of nitrogens with zero attached hydrogens (tertiary/aromatic N) is 2. The Bertz CT molecular complexity index is 298. The van der Waals surface area contributed by atoms with Gasteiger partial charge < -0.3 is 10.6 Å². The molecule has 2 bridgehead atoms. The van der Waals surface area contributed by atoms with Crippen molar-refractivity contribution in [1.82, 2.24) is 9.80 Å². The van der Waals surface area contributed by atoms with Crippen LogP contribution in [0.25, 0.3) is 0 Å². The van der Waals surface area contributed by atoms with Gasteiger partial charge in [0.1, 0.15) is 0 Å². The molecule has 18 heavy (non-hydrogen) atoms. The Morgan fingerprint density at radius 1 is 1.11 bits per heavy atom. The van der Waals surface area contributed by atoms with E-state index in [1.165, 1.54) is 51.9 Å². The Morgan fingerprint density at radius 2 is 1.83 bits per heavy atom.